The third-order valence-corrected chi connectivity index (χ3v) is 5.81. The summed E-state index contributed by atoms with van der Waals surface area (Å²) in [5.74, 6) is 2.82. The molecule has 30 heavy (non-hydrogen) atoms. The minimum atomic E-state index is 0.917. The Kier molecular flexibility index (Phi) is 11.2. The van der Waals surface area contributed by atoms with Crippen LogP contribution in [0.5, 0.6) is 0 Å². The van der Waals surface area contributed by atoms with Gasteiger partial charge in [0.1, 0.15) is 5.82 Å². The molecule has 3 aromatic rings. The molecule has 3 rings (SSSR count). The Balaban J connectivity index is 0.000000383. The molecule has 2 heteroatoms. The maximum Gasteiger partial charge on any atom is 0.144 e. The van der Waals surface area contributed by atoms with E-state index in [1.54, 1.807) is 0 Å². The minimum Gasteiger partial charge on any atom is -0.299 e. The molecule has 0 fully saturated rings. The maximum absolute atomic E-state index is 4.53. The van der Waals surface area contributed by atoms with Gasteiger partial charge in [-0.1, -0.05) is 102 Å². The molecule has 0 spiro atoms. The molecule has 164 valence electrons. The number of benzene rings is 2. The van der Waals surface area contributed by atoms with Gasteiger partial charge in [0.25, 0.3) is 0 Å². The normalized spacial score (nSPS) is 12.2. The first-order valence-electron chi connectivity index (χ1n) is 11.6. The average molecular weight is 407 g/mol. The number of aryl methyl sites for hydroxylation is 3. The molecule has 0 aliphatic heterocycles. The van der Waals surface area contributed by atoms with Crippen LogP contribution >= 0.6 is 0 Å². The van der Waals surface area contributed by atoms with Crippen molar-refractivity contribution in [1.82, 2.24) is 9.55 Å². The van der Waals surface area contributed by atoms with Gasteiger partial charge in [0.05, 0.1) is 5.69 Å². The van der Waals surface area contributed by atoms with Crippen LogP contribution in [0.2, 0.25) is 0 Å². The van der Waals surface area contributed by atoms with Crippen molar-refractivity contribution in [2.75, 3.05) is 0 Å². The van der Waals surface area contributed by atoms with E-state index >= 15 is 0 Å². The lowest BCUT2D eigenvalue weighted by molar-refractivity contribution is 0.367. The Bertz CT molecular complexity index is 830. The quantitative estimate of drug-likeness (QED) is 0.415. The zero-order valence-corrected chi connectivity index (χ0v) is 20.7. The molecule has 2 aromatic carbocycles. The van der Waals surface area contributed by atoms with E-state index in [2.05, 4.69) is 82.3 Å². The molecule has 0 saturated heterocycles. The monoisotopic (exact) mass is 406 g/mol. The van der Waals surface area contributed by atoms with Crippen LogP contribution in [0.1, 0.15) is 71.1 Å². The van der Waals surface area contributed by atoms with Crippen LogP contribution in [-0.2, 0) is 0 Å². The van der Waals surface area contributed by atoms with Crippen molar-refractivity contribution in [2.45, 2.75) is 75.2 Å². The van der Waals surface area contributed by atoms with Gasteiger partial charge in [-0.2, -0.15) is 0 Å². The van der Waals surface area contributed by atoms with Gasteiger partial charge in [0.15, 0.2) is 0 Å². The van der Waals surface area contributed by atoms with E-state index < -0.39 is 0 Å². The maximum atomic E-state index is 4.53. The first-order chi connectivity index (χ1) is 14.4. The molecule has 0 bridgehead atoms. The third-order valence-electron chi connectivity index (χ3n) is 5.81. The highest BCUT2D eigenvalue weighted by Crippen LogP contribution is 2.26. The van der Waals surface area contributed by atoms with Gasteiger partial charge in [-0.3, -0.25) is 4.57 Å². The zero-order valence-electron chi connectivity index (χ0n) is 20.7. The number of rotatable bonds is 5. The van der Waals surface area contributed by atoms with Crippen molar-refractivity contribution in [2.24, 2.45) is 11.8 Å². The van der Waals surface area contributed by atoms with Crippen molar-refractivity contribution in [3.63, 3.8) is 0 Å². The predicted molar refractivity (Wildman–Crippen MR) is 133 cm³/mol. The second-order valence-corrected chi connectivity index (χ2v) is 8.01. The summed E-state index contributed by atoms with van der Waals surface area (Å²) in [6, 6.07) is 14.7. The van der Waals surface area contributed by atoms with E-state index in [0.29, 0.717) is 0 Å². The first-order valence-corrected chi connectivity index (χ1v) is 11.6. The smallest absolute Gasteiger partial charge is 0.144 e. The van der Waals surface area contributed by atoms with Gasteiger partial charge in [0, 0.05) is 18.0 Å². The highest BCUT2D eigenvalue weighted by Gasteiger charge is 2.12. The molecule has 0 saturated carbocycles. The lowest BCUT2D eigenvalue weighted by Gasteiger charge is -2.15. The summed E-state index contributed by atoms with van der Waals surface area (Å²) in [6.45, 7) is 19.6. The fourth-order valence-corrected chi connectivity index (χ4v) is 3.64. The first kappa shape index (κ1) is 25.7. The molecular weight excluding hydrogens is 364 g/mol. The van der Waals surface area contributed by atoms with E-state index in [-0.39, 0.29) is 0 Å². The third kappa shape index (κ3) is 6.86. The fraction of sp³-hybridized carbons (Fsp3) is 0.464. The van der Waals surface area contributed by atoms with E-state index in [1.807, 2.05) is 44.4 Å². The van der Waals surface area contributed by atoms with Crippen LogP contribution in [0.3, 0.4) is 0 Å². The topological polar surface area (TPSA) is 17.8 Å². The Labute approximate surface area is 185 Å². The molecule has 0 amide bonds. The molecule has 2 unspecified atom stereocenters. The molecule has 1 aromatic heterocycles. The molecule has 0 radical (unpaired) electrons. The predicted octanol–water partition coefficient (Wildman–Crippen LogP) is 8.57. The van der Waals surface area contributed by atoms with Gasteiger partial charge in [-0.05, 0) is 43.7 Å². The number of aromatic nitrogens is 2. The highest BCUT2D eigenvalue weighted by atomic mass is 15.1. The standard InChI is InChI=1S/C18H18N2.C8H18.C2H6/c1-13-11-14(2)17(15(3)12-13)20-10-9-19-18(20)16-7-5-4-6-8-16;1-5-7(3)8(4)6-2;1-2/h4-12H,1-3H3;7-8H,5-6H2,1-4H3;1-2H3. The molecule has 0 N–H and O–H groups in total. The van der Waals surface area contributed by atoms with Gasteiger partial charge >= 0.3 is 0 Å². The summed E-state index contributed by atoms with van der Waals surface area (Å²) in [5, 5.41) is 0. The van der Waals surface area contributed by atoms with Crippen molar-refractivity contribution in [1.29, 1.82) is 0 Å². The Morgan fingerprint density at radius 1 is 0.833 bits per heavy atom. The van der Waals surface area contributed by atoms with E-state index in [1.165, 1.54) is 35.2 Å². The average Bonchev–Trinajstić information content (AvgIpc) is 3.23. The van der Waals surface area contributed by atoms with Crippen LogP contribution in [0.15, 0.2) is 54.9 Å². The molecule has 0 aliphatic rings. The Morgan fingerprint density at radius 2 is 1.33 bits per heavy atom. The lowest BCUT2D eigenvalue weighted by atomic mass is 9.92. The van der Waals surface area contributed by atoms with Crippen LogP contribution in [0.4, 0.5) is 0 Å². The summed E-state index contributed by atoms with van der Waals surface area (Å²) < 4.78 is 2.18. The second kappa shape index (κ2) is 13.1. The number of hydrogen-bond acceptors (Lipinski definition) is 1. The summed E-state index contributed by atoms with van der Waals surface area (Å²) in [5.41, 5.74) is 6.21. The summed E-state index contributed by atoms with van der Waals surface area (Å²) in [4.78, 5) is 4.53. The fourth-order valence-electron chi connectivity index (χ4n) is 3.64. The zero-order chi connectivity index (χ0) is 22.7. The molecule has 1 heterocycles. The molecule has 0 aliphatic carbocycles. The number of imidazole rings is 1. The van der Waals surface area contributed by atoms with Gasteiger partial charge in [-0.15, -0.1) is 0 Å². The minimum absolute atomic E-state index is 0.917. The van der Waals surface area contributed by atoms with Crippen LogP contribution in [-0.4, -0.2) is 9.55 Å². The van der Waals surface area contributed by atoms with Crippen molar-refractivity contribution >= 4 is 0 Å². The molecule has 2 atom stereocenters. The lowest BCUT2D eigenvalue weighted by Crippen LogP contribution is -2.04. The van der Waals surface area contributed by atoms with Crippen LogP contribution in [0.25, 0.3) is 17.1 Å². The molecular formula is C28H42N2. The van der Waals surface area contributed by atoms with Crippen LogP contribution < -0.4 is 0 Å². The van der Waals surface area contributed by atoms with Gasteiger partial charge in [-0.25, -0.2) is 4.98 Å². The highest BCUT2D eigenvalue weighted by molar-refractivity contribution is 5.61. The van der Waals surface area contributed by atoms with Crippen molar-refractivity contribution in [3.8, 4) is 17.1 Å². The van der Waals surface area contributed by atoms with Gasteiger partial charge < -0.3 is 0 Å². The van der Waals surface area contributed by atoms with Crippen LogP contribution in [0, 0.1) is 32.6 Å². The van der Waals surface area contributed by atoms with E-state index in [9.17, 15) is 0 Å². The van der Waals surface area contributed by atoms with Gasteiger partial charge in [0.2, 0.25) is 0 Å². The second-order valence-electron chi connectivity index (χ2n) is 8.01. The Morgan fingerprint density at radius 3 is 1.80 bits per heavy atom. The van der Waals surface area contributed by atoms with E-state index in [0.717, 1.165) is 23.2 Å². The molecule has 2 nitrogen and oxygen atoms in total. The summed E-state index contributed by atoms with van der Waals surface area (Å²) in [6.07, 6.45) is 6.55. The largest absolute Gasteiger partial charge is 0.299 e. The summed E-state index contributed by atoms with van der Waals surface area (Å²) >= 11 is 0. The van der Waals surface area contributed by atoms with Crippen molar-refractivity contribution < 1.29 is 0 Å². The SMILES string of the molecule is CC.CCC(C)C(C)CC.Cc1cc(C)c(-n2ccnc2-c2ccccc2)c(C)c1. The summed E-state index contributed by atoms with van der Waals surface area (Å²) in [7, 11) is 0. The van der Waals surface area contributed by atoms with Crippen molar-refractivity contribution in [3.05, 3.63) is 71.5 Å². The number of nitrogens with zero attached hydrogens (tertiary/aromatic N) is 2. The van der Waals surface area contributed by atoms with E-state index in [4.69, 9.17) is 0 Å². The Hall–Kier alpha value is -2.35. The number of hydrogen-bond donors (Lipinski definition) is 0.